The van der Waals surface area contributed by atoms with Gasteiger partial charge in [0.15, 0.2) is 5.82 Å². The van der Waals surface area contributed by atoms with Crippen molar-refractivity contribution in [1.82, 2.24) is 24.4 Å². The highest BCUT2D eigenvalue weighted by Gasteiger charge is 2.36. The zero-order chi connectivity index (χ0) is 15.4. The van der Waals surface area contributed by atoms with Crippen LogP contribution in [0.15, 0.2) is 5.16 Å². The lowest BCUT2D eigenvalue weighted by Crippen LogP contribution is -2.14. The third-order valence-corrected chi connectivity index (χ3v) is 5.05. The Bertz CT molecular complexity index is 786. The molecule has 0 aliphatic heterocycles. The predicted octanol–water partition coefficient (Wildman–Crippen LogP) is 2.36. The van der Waals surface area contributed by atoms with Crippen molar-refractivity contribution >= 4 is 31.3 Å². The van der Waals surface area contributed by atoms with Gasteiger partial charge in [0.05, 0.1) is 5.69 Å². The molecule has 0 unspecified atom stereocenters. The monoisotopic (exact) mass is 347 g/mol. The Kier molecular flexibility index (Phi) is 3.34. The van der Waals surface area contributed by atoms with E-state index >= 15 is 0 Å². The van der Waals surface area contributed by atoms with Crippen LogP contribution in [0.1, 0.15) is 45.3 Å². The van der Waals surface area contributed by atoms with E-state index in [9.17, 15) is 8.42 Å². The Balaban J connectivity index is 2.21. The molecule has 3 rings (SSSR count). The minimum absolute atomic E-state index is 0.0773. The summed E-state index contributed by atoms with van der Waals surface area (Å²) in [6.45, 7) is 6.05. The van der Waals surface area contributed by atoms with Crippen LogP contribution in [0.25, 0.3) is 10.7 Å². The summed E-state index contributed by atoms with van der Waals surface area (Å²) in [4.78, 5) is 0.744. The molecule has 2 aromatic heterocycles. The van der Waals surface area contributed by atoms with Crippen LogP contribution in [0.4, 0.5) is 0 Å². The molecular weight excluding hydrogens is 334 g/mol. The molecule has 7 nitrogen and oxygen atoms in total. The molecule has 0 spiro atoms. The van der Waals surface area contributed by atoms with Crippen LogP contribution in [-0.2, 0) is 14.5 Å². The quantitative estimate of drug-likeness (QED) is 0.791. The van der Waals surface area contributed by atoms with Crippen LogP contribution in [0.5, 0.6) is 0 Å². The number of nitrogens with zero attached hydrogens (tertiary/aromatic N) is 5. The number of hydrogen-bond acceptors (Lipinski definition) is 7. The fraction of sp³-hybridized carbons (Fsp3) is 0.636. The number of hydrogen-bond donors (Lipinski definition) is 0. The van der Waals surface area contributed by atoms with E-state index < -0.39 is 9.05 Å². The molecule has 1 aliphatic carbocycles. The summed E-state index contributed by atoms with van der Waals surface area (Å²) in [5.74, 6) is 0.483. The summed E-state index contributed by atoms with van der Waals surface area (Å²) in [5.41, 5.74) is 0.558. The van der Waals surface area contributed by atoms with Gasteiger partial charge < -0.3 is 0 Å². The highest BCUT2D eigenvalue weighted by Crippen LogP contribution is 2.42. The summed E-state index contributed by atoms with van der Waals surface area (Å²) >= 11 is 1.19. The fourth-order valence-electron chi connectivity index (χ4n) is 2.09. The number of halogens is 1. The van der Waals surface area contributed by atoms with E-state index in [0.29, 0.717) is 5.82 Å². The van der Waals surface area contributed by atoms with Gasteiger partial charge in [0.2, 0.25) is 0 Å². The van der Waals surface area contributed by atoms with Gasteiger partial charge in [-0.2, -0.15) is 0 Å². The van der Waals surface area contributed by atoms with E-state index in [1.54, 1.807) is 4.57 Å². The van der Waals surface area contributed by atoms with Crippen LogP contribution < -0.4 is 0 Å². The molecule has 21 heavy (non-hydrogen) atoms. The van der Waals surface area contributed by atoms with Gasteiger partial charge >= 0.3 is 0 Å². The second-order valence-corrected chi connectivity index (χ2v) is 9.26. The molecule has 1 saturated carbocycles. The molecule has 0 radical (unpaired) electrons. The molecule has 0 atom stereocenters. The zero-order valence-electron chi connectivity index (χ0n) is 11.7. The molecule has 0 amide bonds. The van der Waals surface area contributed by atoms with Crippen molar-refractivity contribution in [3.8, 4) is 10.7 Å². The van der Waals surface area contributed by atoms with Gasteiger partial charge in [0.25, 0.3) is 14.2 Å². The first-order chi connectivity index (χ1) is 9.69. The summed E-state index contributed by atoms with van der Waals surface area (Å²) in [7, 11) is 1.53. The lowest BCUT2D eigenvalue weighted by atomic mass is 9.91. The maximum absolute atomic E-state index is 11.7. The summed E-state index contributed by atoms with van der Waals surface area (Å²) in [6, 6.07) is 0.0773. The lowest BCUT2D eigenvalue weighted by molar-refractivity contribution is 0.565. The molecular formula is C11H14ClN5O2S2. The van der Waals surface area contributed by atoms with Gasteiger partial charge in [-0.15, -0.1) is 15.3 Å². The highest BCUT2D eigenvalue weighted by molar-refractivity contribution is 8.13. The topological polar surface area (TPSA) is 90.6 Å². The Morgan fingerprint density at radius 3 is 2.43 bits per heavy atom. The molecule has 2 aromatic rings. The minimum Gasteiger partial charge on any atom is -0.293 e. The Morgan fingerprint density at radius 1 is 1.24 bits per heavy atom. The van der Waals surface area contributed by atoms with Crippen molar-refractivity contribution in [1.29, 1.82) is 0 Å². The van der Waals surface area contributed by atoms with Crippen molar-refractivity contribution in [2.75, 3.05) is 0 Å². The zero-order valence-corrected chi connectivity index (χ0v) is 14.1. The van der Waals surface area contributed by atoms with E-state index in [4.69, 9.17) is 10.7 Å². The first-order valence-corrected chi connectivity index (χ1v) is 9.50. The Labute approximate surface area is 130 Å². The van der Waals surface area contributed by atoms with Crippen molar-refractivity contribution < 1.29 is 8.42 Å². The molecule has 10 heteroatoms. The van der Waals surface area contributed by atoms with E-state index in [0.717, 1.165) is 23.4 Å². The fourth-order valence-corrected chi connectivity index (χ4v) is 3.87. The van der Waals surface area contributed by atoms with Crippen LogP contribution in [0.3, 0.4) is 0 Å². The van der Waals surface area contributed by atoms with Crippen molar-refractivity contribution in [2.45, 2.75) is 50.2 Å². The lowest BCUT2D eigenvalue weighted by Gasteiger charge is -2.16. The van der Waals surface area contributed by atoms with Crippen LogP contribution >= 0.6 is 22.2 Å². The Hall–Kier alpha value is -1.06. The van der Waals surface area contributed by atoms with Crippen LogP contribution in [-0.4, -0.2) is 32.8 Å². The molecule has 0 N–H and O–H groups in total. The van der Waals surface area contributed by atoms with Crippen LogP contribution in [0.2, 0.25) is 0 Å². The van der Waals surface area contributed by atoms with Gasteiger partial charge in [0, 0.05) is 22.1 Å². The molecule has 0 aromatic carbocycles. The summed E-state index contributed by atoms with van der Waals surface area (Å²) < 4.78 is 28.9. The molecule has 1 aliphatic rings. The first kappa shape index (κ1) is 14.9. The van der Waals surface area contributed by atoms with Gasteiger partial charge in [-0.3, -0.25) is 4.57 Å². The third kappa shape index (κ3) is 2.69. The van der Waals surface area contributed by atoms with E-state index in [1.807, 2.05) is 20.8 Å². The van der Waals surface area contributed by atoms with Crippen molar-refractivity contribution in [3.63, 3.8) is 0 Å². The molecule has 2 heterocycles. The second kappa shape index (κ2) is 4.72. The smallest absolute Gasteiger partial charge is 0.293 e. The third-order valence-electron chi connectivity index (χ3n) is 3.20. The van der Waals surface area contributed by atoms with Crippen molar-refractivity contribution in [3.05, 3.63) is 5.69 Å². The molecule has 114 valence electrons. The maximum Gasteiger partial charge on any atom is 0.296 e. The second-order valence-electron chi connectivity index (χ2n) is 6.05. The summed E-state index contributed by atoms with van der Waals surface area (Å²) in [6.07, 6.45) is 1.78. The predicted molar refractivity (Wildman–Crippen MR) is 78.9 cm³/mol. The van der Waals surface area contributed by atoms with Gasteiger partial charge in [-0.25, -0.2) is 8.42 Å². The van der Waals surface area contributed by atoms with Crippen LogP contribution in [0, 0.1) is 0 Å². The average molecular weight is 348 g/mol. The minimum atomic E-state index is -3.93. The molecule has 1 fully saturated rings. The molecule has 0 saturated heterocycles. The van der Waals surface area contributed by atoms with E-state index in [1.165, 1.54) is 11.5 Å². The van der Waals surface area contributed by atoms with E-state index in [2.05, 4.69) is 19.8 Å². The number of aromatic nitrogens is 5. The number of rotatable bonds is 3. The van der Waals surface area contributed by atoms with Gasteiger partial charge in [0.1, 0.15) is 4.88 Å². The van der Waals surface area contributed by atoms with Gasteiger partial charge in [-0.1, -0.05) is 25.3 Å². The average Bonchev–Trinajstić information content (AvgIpc) is 2.90. The summed E-state index contributed by atoms with van der Waals surface area (Å²) in [5, 5.41) is 11.8. The highest BCUT2D eigenvalue weighted by atomic mass is 35.7. The SMILES string of the molecule is CC(C)(C)c1nnsc1-c1nnc(S(=O)(=O)Cl)n1C1CC1. The van der Waals surface area contributed by atoms with Crippen molar-refractivity contribution in [2.24, 2.45) is 0 Å². The first-order valence-electron chi connectivity index (χ1n) is 6.42. The Morgan fingerprint density at radius 2 is 1.90 bits per heavy atom. The van der Waals surface area contributed by atoms with E-state index in [-0.39, 0.29) is 16.6 Å². The largest absolute Gasteiger partial charge is 0.296 e. The maximum atomic E-state index is 11.7. The standard InChI is InChI=1S/C11H14ClN5O2S2/c1-11(2,3)8-7(20-16-13-8)9-14-15-10(21(12,18)19)17(9)6-4-5-6/h6H,4-5H2,1-3H3. The van der Waals surface area contributed by atoms with Gasteiger partial charge in [-0.05, 0) is 24.4 Å². The molecule has 0 bridgehead atoms. The normalized spacial score (nSPS) is 16.4.